The van der Waals surface area contributed by atoms with Gasteiger partial charge in [-0.15, -0.1) is 0 Å². The molecule has 0 heterocycles. The number of ether oxygens (including phenoxy) is 3. The van der Waals surface area contributed by atoms with Crippen molar-refractivity contribution in [1.82, 2.24) is 0 Å². The van der Waals surface area contributed by atoms with Crippen molar-refractivity contribution in [3.05, 3.63) is 97.2 Å². The van der Waals surface area contributed by atoms with Gasteiger partial charge in [-0.25, -0.2) is 0 Å². The van der Waals surface area contributed by atoms with Crippen molar-refractivity contribution in [1.29, 1.82) is 0 Å². The third kappa shape index (κ3) is 65.1. The zero-order valence-corrected chi connectivity index (χ0v) is 52.8. The second-order valence-corrected chi connectivity index (χ2v) is 22.7. The Labute approximate surface area is 496 Å². The maximum absolute atomic E-state index is 12.9. The minimum absolute atomic E-state index is 0.0873. The van der Waals surface area contributed by atoms with E-state index in [-0.39, 0.29) is 31.1 Å². The molecular weight excluding hydrogens is 985 g/mol. The smallest absolute Gasteiger partial charge is 0.306 e. The monoisotopic (exact) mass is 1110 g/mol. The summed E-state index contributed by atoms with van der Waals surface area (Å²) in [7, 11) is 0. The fourth-order valence-corrected chi connectivity index (χ4v) is 9.67. The number of allylic oxidation sites excluding steroid dienone is 16. The van der Waals surface area contributed by atoms with Crippen LogP contribution in [0.1, 0.15) is 335 Å². The van der Waals surface area contributed by atoms with E-state index in [9.17, 15) is 14.4 Å². The predicted octanol–water partition coefficient (Wildman–Crippen LogP) is 23.6. The molecule has 460 valence electrons. The number of carbonyl (C=O) groups is 3. The molecule has 0 bridgehead atoms. The Kier molecular flexibility index (Phi) is 64.7. The fourth-order valence-electron chi connectivity index (χ4n) is 9.67. The van der Waals surface area contributed by atoms with Crippen LogP contribution in [0.3, 0.4) is 0 Å². The van der Waals surface area contributed by atoms with Crippen LogP contribution in [0.5, 0.6) is 0 Å². The topological polar surface area (TPSA) is 78.9 Å². The lowest BCUT2D eigenvalue weighted by Crippen LogP contribution is -2.30. The van der Waals surface area contributed by atoms with E-state index in [2.05, 4.69) is 118 Å². The van der Waals surface area contributed by atoms with E-state index < -0.39 is 6.10 Å². The Bertz CT molecular complexity index is 1560. The van der Waals surface area contributed by atoms with Crippen LogP contribution >= 0.6 is 0 Å². The van der Waals surface area contributed by atoms with Gasteiger partial charge in [0.15, 0.2) is 6.10 Å². The third-order valence-electron chi connectivity index (χ3n) is 14.8. The Balaban J connectivity index is 4.24. The molecule has 1 atom stereocenters. The number of carbonyl (C=O) groups excluding carboxylic acids is 3. The molecule has 6 nitrogen and oxygen atoms in total. The van der Waals surface area contributed by atoms with Gasteiger partial charge in [-0.2, -0.15) is 0 Å². The second kappa shape index (κ2) is 67.8. The summed E-state index contributed by atoms with van der Waals surface area (Å²) in [4.78, 5) is 38.4. The minimum Gasteiger partial charge on any atom is -0.462 e. The van der Waals surface area contributed by atoms with Crippen LogP contribution in [-0.4, -0.2) is 37.2 Å². The number of rotatable bonds is 62. The Morgan fingerprint density at radius 2 is 0.487 bits per heavy atom. The van der Waals surface area contributed by atoms with Gasteiger partial charge in [0.25, 0.3) is 0 Å². The summed E-state index contributed by atoms with van der Waals surface area (Å²) >= 11 is 0. The molecule has 0 N–H and O–H groups in total. The van der Waals surface area contributed by atoms with Crippen molar-refractivity contribution in [3.63, 3.8) is 0 Å². The third-order valence-corrected chi connectivity index (χ3v) is 14.8. The van der Waals surface area contributed by atoms with Crippen molar-refractivity contribution in [3.8, 4) is 0 Å². The summed E-state index contributed by atoms with van der Waals surface area (Å²) in [5.74, 6) is -0.907. The van der Waals surface area contributed by atoms with Crippen molar-refractivity contribution >= 4 is 17.9 Å². The van der Waals surface area contributed by atoms with Gasteiger partial charge in [-0.1, -0.05) is 291 Å². The zero-order chi connectivity index (χ0) is 57.8. The highest BCUT2D eigenvalue weighted by atomic mass is 16.6. The van der Waals surface area contributed by atoms with Gasteiger partial charge in [0.1, 0.15) is 13.2 Å². The van der Waals surface area contributed by atoms with Gasteiger partial charge < -0.3 is 14.2 Å². The van der Waals surface area contributed by atoms with Crippen molar-refractivity contribution in [2.75, 3.05) is 13.2 Å². The average Bonchev–Trinajstić information content (AvgIpc) is 3.46. The molecule has 0 aliphatic carbocycles. The average molecular weight is 1110 g/mol. The van der Waals surface area contributed by atoms with Gasteiger partial charge >= 0.3 is 17.9 Å². The van der Waals surface area contributed by atoms with Crippen LogP contribution in [0.4, 0.5) is 0 Å². The fraction of sp³-hybridized carbons (Fsp3) is 0.743. The standard InChI is InChI=1S/C74H128O6/c1-4-7-10-13-16-19-22-25-28-30-31-32-33-34-35-36-37-38-39-40-41-42-43-44-47-49-52-55-58-61-64-67-73(76)79-70-71(69-78-72(75)66-63-60-57-54-51-48-45-27-24-21-18-15-12-9-6-3)80-74(77)68-65-62-59-56-53-50-46-29-26-23-20-17-14-11-8-5-2/h9,12,18,20-23,25,27,29-31,33-34,45-46,71H,4-8,10-11,13-17,19,24,26,28,32,35-44,47-70H2,1-3H3/b12-9-,21-18-,23-20-,25-22-,31-30-,34-33-,45-27-,46-29-. The summed E-state index contributed by atoms with van der Waals surface area (Å²) in [6.45, 7) is 6.50. The highest BCUT2D eigenvalue weighted by molar-refractivity contribution is 5.71. The summed E-state index contributed by atoms with van der Waals surface area (Å²) in [5, 5.41) is 0. The first-order chi connectivity index (χ1) is 39.5. The molecule has 0 aromatic rings. The molecule has 6 heteroatoms. The lowest BCUT2D eigenvalue weighted by atomic mass is 10.0. The van der Waals surface area contributed by atoms with Crippen molar-refractivity contribution in [2.24, 2.45) is 0 Å². The van der Waals surface area contributed by atoms with Gasteiger partial charge in [-0.3, -0.25) is 14.4 Å². The summed E-state index contributed by atoms with van der Waals surface area (Å²) in [6.07, 6.45) is 91.5. The Hall–Kier alpha value is -3.67. The van der Waals surface area contributed by atoms with Gasteiger partial charge in [-0.05, 0) is 122 Å². The molecule has 0 fully saturated rings. The molecule has 0 amide bonds. The first-order valence-corrected chi connectivity index (χ1v) is 34.2. The molecule has 0 spiro atoms. The molecule has 0 rings (SSSR count). The molecular formula is C74H128O6. The minimum atomic E-state index is -0.793. The first-order valence-electron chi connectivity index (χ1n) is 34.2. The van der Waals surface area contributed by atoms with Crippen molar-refractivity contribution < 1.29 is 28.6 Å². The summed E-state index contributed by atoms with van der Waals surface area (Å²) in [5.41, 5.74) is 0. The van der Waals surface area contributed by atoms with E-state index in [1.54, 1.807) is 0 Å². The predicted molar refractivity (Wildman–Crippen MR) is 348 cm³/mol. The molecule has 0 aliphatic rings. The number of hydrogen-bond donors (Lipinski definition) is 0. The van der Waals surface area contributed by atoms with E-state index in [1.165, 1.54) is 161 Å². The normalized spacial score (nSPS) is 12.7. The highest BCUT2D eigenvalue weighted by Gasteiger charge is 2.19. The number of hydrogen-bond acceptors (Lipinski definition) is 6. The van der Waals surface area contributed by atoms with Crippen LogP contribution in [-0.2, 0) is 28.6 Å². The Morgan fingerprint density at radius 3 is 0.775 bits per heavy atom. The molecule has 80 heavy (non-hydrogen) atoms. The summed E-state index contributed by atoms with van der Waals surface area (Å²) in [6, 6.07) is 0. The molecule has 0 saturated heterocycles. The number of esters is 3. The summed E-state index contributed by atoms with van der Waals surface area (Å²) < 4.78 is 16.9. The van der Waals surface area contributed by atoms with E-state index in [1.807, 2.05) is 0 Å². The molecule has 0 aliphatic heterocycles. The van der Waals surface area contributed by atoms with Gasteiger partial charge in [0, 0.05) is 19.3 Å². The quantitative estimate of drug-likeness (QED) is 0.0261. The van der Waals surface area contributed by atoms with Crippen LogP contribution in [0.15, 0.2) is 97.2 Å². The van der Waals surface area contributed by atoms with E-state index >= 15 is 0 Å². The van der Waals surface area contributed by atoms with Crippen molar-refractivity contribution in [2.45, 2.75) is 341 Å². The molecule has 0 aromatic heterocycles. The van der Waals surface area contributed by atoms with Crippen LogP contribution in [0.25, 0.3) is 0 Å². The second-order valence-electron chi connectivity index (χ2n) is 22.7. The van der Waals surface area contributed by atoms with Crippen LogP contribution in [0, 0.1) is 0 Å². The van der Waals surface area contributed by atoms with Gasteiger partial charge in [0.05, 0.1) is 0 Å². The Morgan fingerprint density at radius 1 is 0.263 bits per heavy atom. The maximum Gasteiger partial charge on any atom is 0.306 e. The zero-order valence-electron chi connectivity index (χ0n) is 52.8. The van der Waals surface area contributed by atoms with Crippen LogP contribution in [0.2, 0.25) is 0 Å². The number of unbranched alkanes of at least 4 members (excludes halogenated alkanes) is 35. The molecule has 0 aromatic carbocycles. The molecule has 0 radical (unpaired) electrons. The molecule has 1 unspecified atom stereocenters. The largest absolute Gasteiger partial charge is 0.462 e. The first kappa shape index (κ1) is 76.3. The van der Waals surface area contributed by atoms with E-state index in [4.69, 9.17) is 14.2 Å². The SMILES string of the molecule is CC/C=C\C/C=C\C/C=C\CCCCCCCC(=O)OCC(COC(=O)CCCCCCCCCCCCCCCCCC/C=C\C/C=C\C/C=C\CCCCCCC)OC(=O)CCCCCCC/C=C\C/C=C\CCCCCC. The lowest BCUT2D eigenvalue weighted by Gasteiger charge is -2.18. The van der Waals surface area contributed by atoms with Crippen LogP contribution < -0.4 is 0 Å². The van der Waals surface area contributed by atoms with Gasteiger partial charge in [0.2, 0.25) is 0 Å². The lowest BCUT2D eigenvalue weighted by molar-refractivity contribution is -0.167. The molecule has 0 saturated carbocycles. The van der Waals surface area contributed by atoms with E-state index in [0.29, 0.717) is 19.3 Å². The highest BCUT2D eigenvalue weighted by Crippen LogP contribution is 2.17. The maximum atomic E-state index is 12.9. The van der Waals surface area contributed by atoms with E-state index in [0.717, 1.165) is 135 Å².